The number of hydrogen-bond donors (Lipinski definition) is 4. The minimum Gasteiger partial charge on any atom is -0.477 e. The zero-order valence-corrected chi connectivity index (χ0v) is 13.0. The summed E-state index contributed by atoms with van der Waals surface area (Å²) < 4.78 is 0. The van der Waals surface area contributed by atoms with Crippen molar-refractivity contribution in [3.05, 3.63) is 17.5 Å². The molecule has 1 rings (SSSR count). The van der Waals surface area contributed by atoms with Gasteiger partial charge in [0.1, 0.15) is 5.69 Å². The SMILES string of the molecule is CCN(CC)CC(C)NC(=O)Nc1cc(C)[nH]c1C(=O)O. The number of carbonyl (C=O) groups excluding carboxylic acids is 1. The highest BCUT2D eigenvalue weighted by atomic mass is 16.4. The highest BCUT2D eigenvalue weighted by Crippen LogP contribution is 2.16. The Morgan fingerprint density at radius 2 is 2.00 bits per heavy atom. The highest BCUT2D eigenvalue weighted by Gasteiger charge is 2.16. The molecular weight excluding hydrogens is 272 g/mol. The number of aromatic carboxylic acids is 1. The molecule has 118 valence electrons. The van der Waals surface area contributed by atoms with E-state index in [0.717, 1.165) is 19.6 Å². The van der Waals surface area contributed by atoms with E-state index in [9.17, 15) is 9.59 Å². The van der Waals surface area contributed by atoms with Crippen molar-refractivity contribution in [3.8, 4) is 0 Å². The summed E-state index contributed by atoms with van der Waals surface area (Å²) in [5.41, 5.74) is 0.936. The summed E-state index contributed by atoms with van der Waals surface area (Å²) >= 11 is 0. The number of likely N-dealkylation sites (N-methyl/N-ethyl adjacent to an activating group) is 1. The second-order valence-corrected chi connectivity index (χ2v) is 5.03. The third-order valence-electron chi connectivity index (χ3n) is 3.22. The third-order valence-corrected chi connectivity index (χ3v) is 3.22. The number of amides is 2. The summed E-state index contributed by atoms with van der Waals surface area (Å²) in [5, 5.41) is 14.4. The van der Waals surface area contributed by atoms with Gasteiger partial charge in [-0.15, -0.1) is 0 Å². The van der Waals surface area contributed by atoms with Crippen LogP contribution < -0.4 is 10.6 Å². The van der Waals surface area contributed by atoms with Crippen LogP contribution in [0, 0.1) is 6.92 Å². The number of aryl methyl sites for hydroxylation is 1. The third kappa shape index (κ3) is 5.11. The number of nitrogens with one attached hydrogen (secondary N) is 3. The topological polar surface area (TPSA) is 97.5 Å². The van der Waals surface area contributed by atoms with E-state index in [1.807, 2.05) is 6.92 Å². The number of nitrogens with zero attached hydrogens (tertiary/aromatic N) is 1. The van der Waals surface area contributed by atoms with Crippen LogP contribution in [-0.4, -0.2) is 52.7 Å². The number of carboxylic acid groups (broad SMARTS) is 1. The smallest absolute Gasteiger partial charge is 0.354 e. The maximum Gasteiger partial charge on any atom is 0.354 e. The zero-order valence-electron chi connectivity index (χ0n) is 13.0. The Kier molecular flexibility index (Phi) is 6.23. The lowest BCUT2D eigenvalue weighted by Gasteiger charge is -2.23. The molecule has 0 aliphatic rings. The van der Waals surface area contributed by atoms with Crippen LogP contribution in [0.1, 0.15) is 37.0 Å². The van der Waals surface area contributed by atoms with Crippen molar-refractivity contribution < 1.29 is 14.7 Å². The van der Waals surface area contributed by atoms with Crippen LogP contribution in [0.4, 0.5) is 10.5 Å². The summed E-state index contributed by atoms with van der Waals surface area (Å²) in [6.45, 7) is 10.4. The van der Waals surface area contributed by atoms with Gasteiger partial charge in [0.2, 0.25) is 0 Å². The van der Waals surface area contributed by atoms with E-state index < -0.39 is 12.0 Å². The molecule has 0 radical (unpaired) electrons. The molecule has 0 aliphatic carbocycles. The molecule has 0 spiro atoms. The van der Waals surface area contributed by atoms with E-state index in [1.165, 1.54) is 0 Å². The van der Waals surface area contributed by atoms with Crippen LogP contribution >= 0.6 is 0 Å². The normalized spacial score (nSPS) is 12.2. The minimum absolute atomic E-state index is 0.0148. The first-order valence-electron chi connectivity index (χ1n) is 7.10. The van der Waals surface area contributed by atoms with Gasteiger partial charge in [-0.3, -0.25) is 0 Å². The molecule has 1 aromatic rings. The summed E-state index contributed by atoms with van der Waals surface area (Å²) in [5.74, 6) is -1.10. The number of carboxylic acids is 1. The van der Waals surface area contributed by atoms with Gasteiger partial charge >= 0.3 is 12.0 Å². The van der Waals surface area contributed by atoms with E-state index in [2.05, 4.69) is 34.4 Å². The Morgan fingerprint density at radius 3 is 2.52 bits per heavy atom. The highest BCUT2D eigenvalue weighted by molar-refractivity contribution is 5.99. The predicted octanol–water partition coefficient (Wildman–Crippen LogP) is 1.87. The van der Waals surface area contributed by atoms with Crippen LogP contribution in [0.2, 0.25) is 0 Å². The molecular formula is C14H24N4O3. The Hall–Kier alpha value is -2.02. The van der Waals surface area contributed by atoms with Crippen molar-refractivity contribution in [3.63, 3.8) is 0 Å². The van der Waals surface area contributed by atoms with E-state index in [0.29, 0.717) is 5.69 Å². The number of aromatic nitrogens is 1. The van der Waals surface area contributed by atoms with Crippen molar-refractivity contribution >= 4 is 17.7 Å². The Morgan fingerprint density at radius 1 is 1.38 bits per heavy atom. The fourth-order valence-electron chi connectivity index (χ4n) is 2.15. The predicted molar refractivity (Wildman–Crippen MR) is 81.9 cm³/mol. The molecule has 21 heavy (non-hydrogen) atoms. The van der Waals surface area contributed by atoms with Gasteiger partial charge in [0.15, 0.2) is 0 Å². The Balaban J connectivity index is 2.59. The van der Waals surface area contributed by atoms with E-state index in [1.54, 1.807) is 13.0 Å². The first-order valence-corrected chi connectivity index (χ1v) is 7.10. The van der Waals surface area contributed by atoms with Crippen LogP contribution in [-0.2, 0) is 0 Å². The molecule has 0 aromatic carbocycles. The molecule has 0 bridgehead atoms. The molecule has 1 aromatic heterocycles. The second-order valence-electron chi connectivity index (χ2n) is 5.03. The van der Waals surface area contributed by atoms with E-state index in [4.69, 9.17) is 5.11 Å². The number of carbonyl (C=O) groups is 2. The van der Waals surface area contributed by atoms with Crippen molar-refractivity contribution in [2.75, 3.05) is 25.0 Å². The standard InChI is InChI=1S/C14H24N4O3/c1-5-18(6-2)8-10(4)16-14(21)17-11-7-9(3)15-12(11)13(19)20/h7,10,15H,5-6,8H2,1-4H3,(H,19,20)(H2,16,17,21). The number of urea groups is 1. The molecule has 7 heteroatoms. The first kappa shape index (κ1) is 17.0. The lowest BCUT2D eigenvalue weighted by molar-refractivity contribution is 0.0692. The van der Waals surface area contributed by atoms with Gasteiger partial charge < -0.3 is 25.6 Å². The Labute approximate surface area is 124 Å². The Bertz CT molecular complexity index is 494. The molecule has 0 saturated heterocycles. The number of anilines is 1. The summed E-state index contributed by atoms with van der Waals surface area (Å²) in [6, 6.07) is 1.16. The second kappa shape index (κ2) is 7.68. The van der Waals surface area contributed by atoms with Crippen LogP contribution in [0.3, 0.4) is 0 Å². The first-order chi connectivity index (χ1) is 9.87. The van der Waals surface area contributed by atoms with E-state index in [-0.39, 0.29) is 17.4 Å². The lowest BCUT2D eigenvalue weighted by atomic mass is 10.3. The monoisotopic (exact) mass is 296 g/mol. The zero-order chi connectivity index (χ0) is 16.0. The number of rotatable bonds is 7. The molecule has 0 aliphatic heterocycles. The van der Waals surface area contributed by atoms with Gasteiger partial charge in [0.25, 0.3) is 0 Å². The van der Waals surface area contributed by atoms with Crippen molar-refractivity contribution in [2.24, 2.45) is 0 Å². The van der Waals surface area contributed by atoms with E-state index >= 15 is 0 Å². The van der Waals surface area contributed by atoms with Crippen LogP contribution in [0.25, 0.3) is 0 Å². The van der Waals surface area contributed by atoms with Crippen molar-refractivity contribution in [1.82, 2.24) is 15.2 Å². The lowest BCUT2D eigenvalue weighted by Crippen LogP contribution is -2.43. The van der Waals surface area contributed by atoms with Gasteiger partial charge in [-0.25, -0.2) is 9.59 Å². The number of hydrogen-bond acceptors (Lipinski definition) is 3. The fraction of sp³-hybridized carbons (Fsp3) is 0.571. The molecule has 1 unspecified atom stereocenters. The maximum atomic E-state index is 11.9. The average molecular weight is 296 g/mol. The maximum absolute atomic E-state index is 11.9. The molecule has 2 amide bonds. The quantitative estimate of drug-likeness (QED) is 0.617. The molecule has 0 fully saturated rings. The molecule has 1 atom stereocenters. The largest absolute Gasteiger partial charge is 0.477 e. The fourth-order valence-corrected chi connectivity index (χ4v) is 2.15. The van der Waals surface area contributed by atoms with Gasteiger partial charge in [-0.2, -0.15) is 0 Å². The van der Waals surface area contributed by atoms with Gasteiger partial charge in [-0.05, 0) is 33.0 Å². The molecule has 7 nitrogen and oxygen atoms in total. The van der Waals surface area contributed by atoms with Gasteiger partial charge in [0.05, 0.1) is 5.69 Å². The number of H-pyrrole nitrogens is 1. The summed E-state index contributed by atoms with van der Waals surface area (Å²) in [4.78, 5) is 27.9. The molecule has 4 N–H and O–H groups in total. The van der Waals surface area contributed by atoms with Gasteiger partial charge in [0, 0.05) is 18.3 Å². The van der Waals surface area contributed by atoms with Crippen LogP contribution in [0.15, 0.2) is 6.07 Å². The van der Waals surface area contributed by atoms with Gasteiger partial charge in [-0.1, -0.05) is 13.8 Å². The number of aromatic amines is 1. The summed E-state index contributed by atoms with van der Waals surface area (Å²) in [7, 11) is 0. The van der Waals surface area contributed by atoms with Crippen molar-refractivity contribution in [2.45, 2.75) is 33.7 Å². The van der Waals surface area contributed by atoms with Crippen LogP contribution in [0.5, 0.6) is 0 Å². The van der Waals surface area contributed by atoms with Crippen molar-refractivity contribution in [1.29, 1.82) is 0 Å². The summed E-state index contributed by atoms with van der Waals surface area (Å²) in [6.07, 6.45) is 0. The average Bonchev–Trinajstić information content (AvgIpc) is 2.76. The molecule has 0 saturated carbocycles. The minimum atomic E-state index is -1.10. The molecule has 1 heterocycles.